The number of aromatic hydroxyl groups is 1. The predicted molar refractivity (Wildman–Crippen MR) is 144 cm³/mol. The lowest BCUT2D eigenvalue weighted by Crippen LogP contribution is -2.37. The molecule has 0 aliphatic heterocycles. The Balaban J connectivity index is 0.00000289. The van der Waals surface area contributed by atoms with Crippen LogP contribution in [-0.2, 0) is 17.7 Å². The molecule has 0 bridgehead atoms. The Labute approximate surface area is 216 Å². The van der Waals surface area contributed by atoms with Gasteiger partial charge in [-0.25, -0.2) is 0 Å². The molecular weight excluding hydrogens is 497 g/mol. The Bertz CT molecular complexity index is 1070. The van der Waals surface area contributed by atoms with E-state index in [0.717, 1.165) is 30.8 Å². The van der Waals surface area contributed by atoms with Crippen molar-refractivity contribution in [2.45, 2.75) is 39.0 Å². The summed E-state index contributed by atoms with van der Waals surface area (Å²) in [5.41, 5.74) is 3.48. The van der Waals surface area contributed by atoms with Gasteiger partial charge in [0.25, 0.3) is 0 Å². The second-order valence-corrected chi connectivity index (χ2v) is 9.35. The number of benzene rings is 2. The van der Waals surface area contributed by atoms with Gasteiger partial charge in [0.15, 0.2) is 0 Å². The second-order valence-electron chi connectivity index (χ2n) is 8.37. The minimum atomic E-state index is -0.770. The van der Waals surface area contributed by atoms with E-state index in [2.05, 4.69) is 53.7 Å². The Hall–Kier alpha value is -1.65. The summed E-state index contributed by atoms with van der Waals surface area (Å²) in [4.78, 5) is 14.0. The maximum absolute atomic E-state index is 11.7. The molecule has 0 saturated carbocycles. The number of halogens is 2. The van der Waals surface area contributed by atoms with Crippen molar-refractivity contribution in [3.8, 4) is 5.75 Å². The summed E-state index contributed by atoms with van der Waals surface area (Å²) in [5.74, 6) is 0.509. The highest BCUT2D eigenvalue weighted by Crippen LogP contribution is 2.31. The molecule has 7 nitrogen and oxygen atoms in total. The number of H-pyrrole nitrogens is 1. The fourth-order valence-electron chi connectivity index (χ4n) is 3.69. The first-order chi connectivity index (χ1) is 15.4. The largest absolute Gasteiger partial charge is 0.506 e. The van der Waals surface area contributed by atoms with Crippen LogP contribution in [0.2, 0.25) is 0 Å². The van der Waals surface area contributed by atoms with Crippen LogP contribution in [0.4, 0.5) is 0 Å². The monoisotopic (exact) mass is 531 g/mol. The highest BCUT2D eigenvalue weighted by atomic mass is 35.5. The van der Waals surface area contributed by atoms with E-state index in [0.29, 0.717) is 40.9 Å². The van der Waals surface area contributed by atoms with Crippen LogP contribution in [0.3, 0.4) is 0 Å². The first-order valence-electron chi connectivity index (χ1n) is 10.9. The molecule has 10 heteroatoms. The molecule has 2 aromatic carbocycles. The highest BCUT2D eigenvalue weighted by molar-refractivity contribution is 7.16. The average Bonchev–Trinajstić information content (AvgIpc) is 3.16. The van der Waals surface area contributed by atoms with Crippen molar-refractivity contribution >= 4 is 46.4 Å². The van der Waals surface area contributed by atoms with Crippen LogP contribution in [0.15, 0.2) is 41.2 Å². The lowest BCUT2D eigenvalue weighted by atomic mass is 10.0. The number of hydrogen-bond acceptors (Lipinski definition) is 7. The fourth-order valence-corrected chi connectivity index (χ4v) is 4.61. The second kappa shape index (κ2) is 14.7. The Kier molecular flexibility index (Phi) is 13.1. The standard InChI is InChI=1S/C24H33N3O4S.2ClH/c1-15(2)19(14-31-3)26-12-17-6-4-5-16(11-17)9-10-25-13-21(29)18-7-8-20(28)22-23(18)32-24(30)27-22;;/h4-8,11,15,19,21,25-26,28-29H,9-10,12-14H2,1-3H3,(H,27,30);2*1H/t19-,21+;;/m1../s1. The number of methoxy groups -OCH3 is 1. The van der Waals surface area contributed by atoms with Gasteiger partial charge in [-0.1, -0.05) is 55.5 Å². The number of fused-ring (bicyclic) bond motifs is 1. The number of thiazole rings is 1. The molecule has 0 fully saturated rings. The van der Waals surface area contributed by atoms with Gasteiger partial charge in [0.2, 0.25) is 0 Å². The van der Waals surface area contributed by atoms with E-state index in [1.54, 1.807) is 13.2 Å². The van der Waals surface area contributed by atoms with E-state index < -0.39 is 6.10 Å². The van der Waals surface area contributed by atoms with Crippen LogP contribution >= 0.6 is 36.2 Å². The predicted octanol–water partition coefficient (Wildman–Crippen LogP) is 3.77. The number of ether oxygens (including phenoxy) is 1. The molecule has 0 saturated heterocycles. The fraction of sp³-hybridized carbons (Fsp3) is 0.458. The molecule has 0 unspecified atom stereocenters. The molecule has 1 heterocycles. The van der Waals surface area contributed by atoms with Gasteiger partial charge >= 0.3 is 4.87 Å². The van der Waals surface area contributed by atoms with Crippen molar-refractivity contribution in [2.75, 3.05) is 26.8 Å². The maximum Gasteiger partial charge on any atom is 0.305 e. The number of phenols is 1. The first kappa shape index (κ1) is 30.4. The number of nitrogens with one attached hydrogen (secondary N) is 3. The van der Waals surface area contributed by atoms with Gasteiger partial charge < -0.3 is 30.6 Å². The summed E-state index contributed by atoms with van der Waals surface area (Å²) in [6.07, 6.45) is 0.0724. The summed E-state index contributed by atoms with van der Waals surface area (Å²) in [7, 11) is 1.73. The van der Waals surface area contributed by atoms with Crippen molar-refractivity contribution in [1.29, 1.82) is 0 Å². The molecule has 0 aliphatic carbocycles. The number of aliphatic hydroxyl groups excluding tert-OH is 1. The molecule has 3 rings (SSSR count). The van der Waals surface area contributed by atoms with E-state index >= 15 is 0 Å². The van der Waals surface area contributed by atoms with E-state index in [-0.39, 0.29) is 35.4 Å². The van der Waals surface area contributed by atoms with Crippen molar-refractivity contribution in [2.24, 2.45) is 5.92 Å². The highest BCUT2D eigenvalue weighted by Gasteiger charge is 2.16. The zero-order chi connectivity index (χ0) is 23.1. The summed E-state index contributed by atoms with van der Waals surface area (Å²) in [5, 5.41) is 27.4. The van der Waals surface area contributed by atoms with Crippen LogP contribution in [0.1, 0.15) is 36.6 Å². The third-order valence-electron chi connectivity index (χ3n) is 5.59. The normalized spacial score (nSPS) is 12.9. The van der Waals surface area contributed by atoms with Crippen molar-refractivity contribution in [1.82, 2.24) is 15.6 Å². The molecule has 1 aromatic heterocycles. The topological polar surface area (TPSA) is 107 Å². The number of hydrogen-bond donors (Lipinski definition) is 5. The van der Waals surface area contributed by atoms with Gasteiger partial charge in [0.05, 0.1) is 17.4 Å². The Morgan fingerprint density at radius 3 is 2.59 bits per heavy atom. The van der Waals surface area contributed by atoms with Gasteiger partial charge in [-0.2, -0.15) is 0 Å². The third-order valence-corrected chi connectivity index (χ3v) is 6.52. The molecule has 0 amide bonds. The summed E-state index contributed by atoms with van der Waals surface area (Å²) in [6, 6.07) is 12.0. The Morgan fingerprint density at radius 2 is 1.88 bits per heavy atom. The van der Waals surface area contributed by atoms with E-state index in [1.807, 2.05) is 0 Å². The minimum absolute atomic E-state index is 0. The molecule has 5 N–H and O–H groups in total. The summed E-state index contributed by atoms with van der Waals surface area (Å²) in [6.45, 7) is 6.94. The first-order valence-corrected chi connectivity index (χ1v) is 11.7. The van der Waals surface area contributed by atoms with E-state index in [4.69, 9.17) is 4.74 Å². The number of rotatable bonds is 12. The molecular formula is C24H35Cl2N3O4S. The number of aliphatic hydroxyl groups is 1. The summed E-state index contributed by atoms with van der Waals surface area (Å²) >= 11 is 0.997. The SMILES string of the molecule is COC[C@@H](NCc1cccc(CCNC[C@H](O)c2ccc(O)c3[nH]c(=O)sc23)c1)C(C)C.Cl.Cl. The molecule has 190 valence electrons. The van der Waals surface area contributed by atoms with Crippen LogP contribution in [0, 0.1) is 5.92 Å². The van der Waals surface area contributed by atoms with Gasteiger partial charge in [0.1, 0.15) is 11.3 Å². The van der Waals surface area contributed by atoms with Crippen molar-refractivity contribution < 1.29 is 14.9 Å². The zero-order valence-corrected chi connectivity index (χ0v) is 22.1. The van der Waals surface area contributed by atoms with Gasteiger partial charge in [-0.15, -0.1) is 24.8 Å². The van der Waals surface area contributed by atoms with Crippen molar-refractivity contribution in [3.63, 3.8) is 0 Å². The minimum Gasteiger partial charge on any atom is -0.506 e. The molecule has 0 aliphatic rings. The summed E-state index contributed by atoms with van der Waals surface area (Å²) < 4.78 is 5.90. The maximum atomic E-state index is 11.7. The van der Waals surface area contributed by atoms with Crippen LogP contribution in [-0.4, -0.2) is 48.0 Å². The molecule has 34 heavy (non-hydrogen) atoms. The third kappa shape index (κ3) is 8.23. The lowest BCUT2D eigenvalue weighted by Gasteiger charge is -2.21. The zero-order valence-electron chi connectivity index (χ0n) is 19.7. The number of phenolic OH excluding ortho intramolecular Hbond substituents is 1. The quantitative estimate of drug-likeness (QED) is 0.228. The van der Waals surface area contributed by atoms with Crippen LogP contribution in [0.25, 0.3) is 10.2 Å². The Morgan fingerprint density at radius 1 is 1.15 bits per heavy atom. The smallest absolute Gasteiger partial charge is 0.305 e. The lowest BCUT2D eigenvalue weighted by molar-refractivity contribution is 0.146. The number of aromatic nitrogens is 1. The molecule has 0 spiro atoms. The van der Waals surface area contributed by atoms with Crippen LogP contribution < -0.4 is 15.5 Å². The van der Waals surface area contributed by atoms with Gasteiger partial charge in [-0.3, -0.25) is 4.79 Å². The molecule has 0 radical (unpaired) electrons. The van der Waals surface area contributed by atoms with Crippen molar-refractivity contribution in [3.05, 3.63) is 62.8 Å². The van der Waals surface area contributed by atoms with E-state index in [9.17, 15) is 15.0 Å². The molecule has 3 aromatic rings. The van der Waals surface area contributed by atoms with Gasteiger partial charge in [-0.05, 0) is 36.1 Å². The molecule has 2 atom stereocenters. The van der Waals surface area contributed by atoms with Crippen LogP contribution in [0.5, 0.6) is 5.75 Å². The average molecular weight is 533 g/mol. The number of aromatic amines is 1. The van der Waals surface area contributed by atoms with E-state index in [1.165, 1.54) is 17.2 Å². The van der Waals surface area contributed by atoms with Gasteiger partial charge in [0, 0.05) is 31.8 Å².